The van der Waals surface area contributed by atoms with Crippen molar-refractivity contribution >= 4 is 0 Å². The molecule has 0 N–H and O–H groups in total. The average molecular weight is 433 g/mol. The molecule has 0 atom stereocenters. The normalized spacial score (nSPS) is 17.7. The Kier molecular flexibility index (Phi) is 8.21. The monoisotopic (exact) mass is 432 g/mol. The van der Waals surface area contributed by atoms with Crippen LogP contribution in [0.25, 0.3) is 0 Å². The average Bonchev–Trinajstić information content (AvgIpc) is 2.88. The lowest BCUT2D eigenvalue weighted by Gasteiger charge is -2.29. The fourth-order valence-electron chi connectivity index (χ4n) is 5.01. The van der Waals surface area contributed by atoms with Crippen LogP contribution in [0.1, 0.15) is 90.7 Å². The van der Waals surface area contributed by atoms with Crippen LogP contribution in [0.4, 0.5) is 0 Å². The van der Waals surface area contributed by atoms with E-state index in [0.717, 1.165) is 30.4 Å². The summed E-state index contributed by atoms with van der Waals surface area (Å²) in [6, 6.07) is 27.0. The van der Waals surface area contributed by atoms with Gasteiger partial charge < -0.3 is 0 Å². The Labute approximate surface area is 200 Å². The maximum absolute atomic E-state index is 3.83. The van der Waals surface area contributed by atoms with E-state index < -0.39 is 0 Å². The van der Waals surface area contributed by atoms with Crippen molar-refractivity contribution in [1.29, 1.82) is 0 Å². The Morgan fingerprint density at radius 2 is 1.09 bits per heavy atom. The Morgan fingerprint density at radius 3 is 1.58 bits per heavy atom. The van der Waals surface area contributed by atoms with Gasteiger partial charge in [-0.2, -0.15) is 0 Å². The molecule has 3 aromatic rings. The Hall–Kier alpha value is -3.04. The predicted octanol–water partition coefficient (Wildman–Crippen LogP) is 8.60. The Morgan fingerprint density at radius 1 is 0.667 bits per heavy atom. The summed E-state index contributed by atoms with van der Waals surface area (Å²) in [6.07, 6.45) is 11.6. The molecule has 3 aromatic carbocycles. The van der Waals surface area contributed by atoms with Crippen molar-refractivity contribution in [1.82, 2.24) is 0 Å². The number of aryl methyl sites for hydroxylation is 2. The molecule has 1 aliphatic rings. The summed E-state index contributed by atoms with van der Waals surface area (Å²) >= 11 is 0. The first-order valence-corrected chi connectivity index (χ1v) is 12.7. The van der Waals surface area contributed by atoms with Crippen molar-refractivity contribution in [3.05, 3.63) is 119 Å². The summed E-state index contributed by atoms with van der Waals surface area (Å²) in [4.78, 5) is 0. The molecule has 0 amide bonds. The van der Waals surface area contributed by atoms with Gasteiger partial charge >= 0.3 is 0 Å². The fourth-order valence-corrected chi connectivity index (χ4v) is 5.01. The van der Waals surface area contributed by atoms with Crippen LogP contribution in [-0.2, 0) is 12.8 Å². The second-order valence-corrected chi connectivity index (χ2v) is 9.44. The van der Waals surface area contributed by atoms with Crippen LogP contribution in [0.15, 0.2) is 85.5 Å². The van der Waals surface area contributed by atoms with E-state index in [9.17, 15) is 0 Å². The second-order valence-electron chi connectivity index (χ2n) is 9.44. The highest BCUT2D eigenvalue weighted by Gasteiger charge is 2.23. The van der Waals surface area contributed by atoms with Gasteiger partial charge in [0.2, 0.25) is 0 Å². The third-order valence-electron chi connectivity index (χ3n) is 7.04. The highest BCUT2D eigenvalue weighted by molar-refractivity contribution is 5.44. The van der Waals surface area contributed by atoms with Crippen molar-refractivity contribution in [2.45, 2.75) is 70.1 Å². The van der Waals surface area contributed by atoms with Crippen molar-refractivity contribution < 1.29 is 0 Å². The molecule has 0 heteroatoms. The number of rotatable bonds is 7. The molecular weight excluding hydrogens is 396 g/mol. The zero-order valence-corrected chi connectivity index (χ0v) is 20.0. The third-order valence-corrected chi connectivity index (χ3v) is 7.04. The van der Waals surface area contributed by atoms with Gasteiger partial charge in [0.05, 0.1) is 0 Å². The molecule has 0 aromatic heterocycles. The maximum atomic E-state index is 3.83. The van der Waals surface area contributed by atoms with Crippen LogP contribution in [0.5, 0.6) is 0 Å². The van der Waals surface area contributed by atoms with Crippen LogP contribution in [0.2, 0.25) is 0 Å². The SMILES string of the molecule is C=CCCc1ccc([C@H]2CC[C@H](c3ccc(C#Cc4ccc(CCC)cc4)cc3)CC2)cc1. The number of hydrogen-bond acceptors (Lipinski definition) is 0. The molecule has 0 radical (unpaired) electrons. The van der Waals surface area contributed by atoms with E-state index in [1.165, 1.54) is 54.4 Å². The number of allylic oxidation sites excluding steroid dienone is 1. The van der Waals surface area contributed by atoms with Crippen molar-refractivity contribution in [2.75, 3.05) is 0 Å². The summed E-state index contributed by atoms with van der Waals surface area (Å²) < 4.78 is 0. The molecule has 0 aliphatic heterocycles. The zero-order chi connectivity index (χ0) is 22.9. The Bertz CT molecular complexity index is 1060. The van der Waals surface area contributed by atoms with E-state index in [-0.39, 0.29) is 0 Å². The van der Waals surface area contributed by atoms with E-state index in [1.54, 1.807) is 0 Å². The largest absolute Gasteiger partial charge is 0.103 e. The highest BCUT2D eigenvalue weighted by atomic mass is 14.3. The van der Waals surface area contributed by atoms with Crippen molar-refractivity contribution in [2.24, 2.45) is 0 Å². The third kappa shape index (κ3) is 6.49. The molecule has 0 heterocycles. The molecule has 0 bridgehead atoms. The van der Waals surface area contributed by atoms with Crippen LogP contribution in [0, 0.1) is 11.8 Å². The lowest BCUT2D eigenvalue weighted by molar-refractivity contribution is 0.396. The van der Waals surface area contributed by atoms with Crippen molar-refractivity contribution in [3.8, 4) is 11.8 Å². The smallest absolute Gasteiger partial charge is 0.0249 e. The molecule has 33 heavy (non-hydrogen) atoms. The van der Waals surface area contributed by atoms with Gasteiger partial charge in [-0.25, -0.2) is 0 Å². The van der Waals surface area contributed by atoms with Crippen LogP contribution >= 0.6 is 0 Å². The topological polar surface area (TPSA) is 0 Å². The summed E-state index contributed by atoms with van der Waals surface area (Å²) in [7, 11) is 0. The van der Waals surface area contributed by atoms with E-state index in [2.05, 4.69) is 98.1 Å². The predicted molar refractivity (Wildman–Crippen MR) is 142 cm³/mol. The van der Waals surface area contributed by atoms with Gasteiger partial charge in [-0.1, -0.05) is 79.8 Å². The van der Waals surface area contributed by atoms with E-state index in [0.29, 0.717) is 11.8 Å². The first-order valence-electron chi connectivity index (χ1n) is 12.7. The molecule has 0 unspecified atom stereocenters. The van der Waals surface area contributed by atoms with Crippen LogP contribution in [0.3, 0.4) is 0 Å². The molecule has 1 saturated carbocycles. The minimum atomic E-state index is 0.682. The van der Waals surface area contributed by atoms with Crippen molar-refractivity contribution in [3.63, 3.8) is 0 Å². The molecule has 1 aliphatic carbocycles. The minimum Gasteiger partial charge on any atom is -0.103 e. The number of hydrogen-bond donors (Lipinski definition) is 0. The summed E-state index contributed by atoms with van der Waals surface area (Å²) in [5, 5.41) is 0. The van der Waals surface area contributed by atoms with Crippen LogP contribution < -0.4 is 0 Å². The van der Waals surface area contributed by atoms with E-state index >= 15 is 0 Å². The van der Waals surface area contributed by atoms with E-state index in [1.807, 2.05) is 6.08 Å². The minimum absolute atomic E-state index is 0.682. The molecule has 0 spiro atoms. The van der Waals surface area contributed by atoms with E-state index in [4.69, 9.17) is 0 Å². The molecule has 4 rings (SSSR count). The lowest BCUT2D eigenvalue weighted by Crippen LogP contribution is -2.12. The first-order chi connectivity index (χ1) is 16.2. The van der Waals surface area contributed by atoms with Gasteiger partial charge in [0.15, 0.2) is 0 Å². The molecule has 0 nitrogen and oxygen atoms in total. The van der Waals surface area contributed by atoms with Gasteiger partial charge in [-0.15, -0.1) is 6.58 Å². The maximum Gasteiger partial charge on any atom is 0.0249 e. The molecule has 0 saturated heterocycles. The lowest BCUT2D eigenvalue weighted by atomic mass is 9.76. The summed E-state index contributed by atoms with van der Waals surface area (Å²) in [5.41, 5.74) is 7.99. The second kappa shape index (κ2) is 11.7. The van der Waals surface area contributed by atoms with Gasteiger partial charge in [-0.3, -0.25) is 0 Å². The van der Waals surface area contributed by atoms with Crippen LogP contribution in [-0.4, -0.2) is 0 Å². The fraction of sp³-hybridized carbons (Fsp3) is 0.333. The standard InChI is InChI=1S/C33H36/c1-3-5-7-27-14-18-30(19-15-27)32-22-24-33(25-23-32)31-20-16-29(17-21-31)13-12-28-10-8-26(6-4-2)9-11-28/h3,8-11,14-21,32-33H,1,4-7,22-25H2,2H3/t32-,33-. The Balaban J connectivity index is 1.31. The highest BCUT2D eigenvalue weighted by Crippen LogP contribution is 2.40. The number of benzene rings is 3. The quantitative estimate of drug-likeness (QED) is 0.259. The van der Waals surface area contributed by atoms with Gasteiger partial charge in [0.25, 0.3) is 0 Å². The zero-order valence-electron chi connectivity index (χ0n) is 20.0. The molecular formula is C33H36. The first kappa shape index (κ1) is 23.1. The van der Waals surface area contributed by atoms with Gasteiger partial charge in [-0.05, 0) is 103 Å². The summed E-state index contributed by atoms with van der Waals surface area (Å²) in [5.74, 6) is 8.04. The van der Waals surface area contributed by atoms with Gasteiger partial charge in [0.1, 0.15) is 0 Å². The van der Waals surface area contributed by atoms with Gasteiger partial charge in [0, 0.05) is 11.1 Å². The summed E-state index contributed by atoms with van der Waals surface area (Å²) in [6.45, 7) is 6.04. The molecule has 1 fully saturated rings. The molecule has 168 valence electrons.